The Morgan fingerprint density at radius 3 is 1.93 bits per heavy atom. The van der Waals surface area contributed by atoms with Gasteiger partial charge in [-0.2, -0.15) is 26.3 Å². The van der Waals surface area contributed by atoms with Gasteiger partial charge < -0.3 is 29.3 Å². The van der Waals surface area contributed by atoms with Gasteiger partial charge >= 0.3 is 24.3 Å². The number of aromatic nitrogens is 3. The van der Waals surface area contributed by atoms with Crippen LogP contribution in [0.4, 0.5) is 26.3 Å². The summed E-state index contributed by atoms with van der Waals surface area (Å²) in [5.74, 6) is -4.58. The summed E-state index contributed by atoms with van der Waals surface area (Å²) in [6.45, 7) is 3.26. The Balaban J connectivity index is 0.000000303. The fraction of sp³-hybridized carbons (Fsp3) is 0.520. The number of carboxylic acid groups (broad SMARTS) is 2. The predicted molar refractivity (Wildman–Crippen MR) is 131 cm³/mol. The molecule has 2 aromatic heterocycles. The number of pyridine rings is 1. The van der Waals surface area contributed by atoms with E-state index in [2.05, 4.69) is 14.5 Å². The Kier molecular flexibility index (Phi) is 10.4. The van der Waals surface area contributed by atoms with Crippen molar-refractivity contribution in [3.8, 4) is 0 Å². The Hall–Kier alpha value is -4.22. The molecule has 2 aromatic rings. The highest BCUT2D eigenvalue weighted by Crippen LogP contribution is 2.40. The summed E-state index contributed by atoms with van der Waals surface area (Å²) in [5.41, 5.74) is -0.0235. The molecule has 2 amide bonds. The van der Waals surface area contributed by atoms with E-state index in [4.69, 9.17) is 24.5 Å². The Labute approximate surface area is 239 Å². The van der Waals surface area contributed by atoms with Gasteiger partial charge in [-0.25, -0.2) is 14.6 Å². The molecule has 0 radical (unpaired) electrons. The number of hydrogen-bond donors (Lipinski definition) is 2. The zero-order chi connectivity index (χ0) is 32.0. The summed E-state index contributed by atoms with van der Waals surface area (Å²) in [4.78, 5) is 55.9. The second kappa shape index (κ2) is 13.4. The number of amides is 2. The summed E-state index contributed by atoms with van der Waals surface area (Å²) in [7, 11) is 0. The first-order valence-electron chi connectivity index (χ1n) is 12.8. The molecule has 18 heteroatoms. The molecular weight excluding hydrogens is 596 g/mol. The topological polar surface area (TPSA) is 155 Å². The van der Waals surface area contributed by atoms with E-state index >= 15 is 0 Å². The molecule has 1 unspecified atom stereocenters. The number of piperidine rings is 1. The summed E-state index contributed by atoms with van der Waals surface area (Å²) in [6.07, 6.45) is -0.324. The minimum Gasteiger partial charge on any atom is -0.475 e. The van der Waals surface area contributed by atoms with Crippen LogP contribution in [0.25, 0.3) is 0 Å². The van der Waals surface area contributed by atoms with E-state index in [1.807, 2.05) is 16.0 Å². The fourth-order valence-electron chi connectivity index (χ4n) is 4.75. The van der Waals surface area contributed by atoms with Crippen molar-refractivity contribution in [3.05, 3.63) is 48.3 Å². The lowest BCUT2D eigenvalue weighted by Crippen LogP contribution is -2.55. The second-order valence-corrected chi connectivity index (χ2v) is 9.68. The van der Waals surface area contributed by atoms with Gasteiger partial charge in [0.2, 0.25) is 0 Å². The van der Waals surface area contributed by atoms with E-state index < -0.39 is 36.0 Å². The number of carboxylic acids is 2. The third-order valence-corrected chi connectivity index (χ3v) is 6.80. The van der Waals surface area contributed by atoms with Gasteiger partial charge in [-0.05, 0) is 25.0 Å². The van der Waals surface area contributed by atoms with Crippen LogP contribution in [0.1, 0.15) is 41.9 Å². The number of aliphatic carboxylic acids is 2. The van der Waals surface area contributed by atoms with Crippen molar-refractivity contribution >= 4 is 23.8 Å². The van der Waals surface area contributed by atoms with Gasteiger partial charge in [0.05, 0.1) is 12.1 Å². The van der Waals surface area contributed by atoms with Crippen LogP contribution >= 0.6 is 0 Å². The van der Waals surface area contributed by atoms with Gasteiger partial charge in [-0.1, -0.05) is 0 Å². The van der Waals surface area contributed by atoms with Gasteiger partial charge in [-0.3, -0.25) is 14.6 Å². The average Bonchev–Trinajstić information content (AvgIpc) is 3.66. The maximum absolute atomic E-state index is 13.0. The van der Waals surface area contributed by atoms with Crippen LogP contribution in [0.3, 0.4) is 0 Å². The molecule has 236 valence electrons. The first kappa shape index (κ1) is 33.3. The smallest absolute Gasteiger partial charge is 0.475 e. The van der Waals surface area contributed by atoms with Crippen molar-refractivity contribution in [2.24, 2.45) is 0 Å². The van der Waals surface area contributed by atoms with Crippen LogP contribution in [-0.2, 0) is 31.3 Å². The van der Waals surface area contributed by atoms with Crippen molar-refractivity contribution in [2.45, 2.75) is 56.3 Å². The molecule has 1 spiro atoms. The summed E-state index contributed by atoms with van der Waals surface area (Å²) in [5, 5.41) is 14.2. The minimum atomic E-state index is -5.08. The van der Waals surface area contributed by atoms with E-state index in [-0.39, 0.29) is 11.8 Å². The Morgan fingerprint density at radius 2 is 1.44 bits per heavy atom. The second-order valence-electron chi connectivity index (χ2n) is 9.68. The molecule has 1 atom stereocenters. The van der Waals surface area contributed by atoms with Crippen LogP contribution < -0.4 is 0 Å². The van der Waals surface area contributed by atoms with E-state index in [9.17, 15) is 35.9 Å². The number of hydrogen-bond acceptors (Lipinski definition) is 7. The Morgan fingerprint density at radius 1 is 0.884 bits per heavy atom. The molecule has 2 fully saturated rings. The average molecular weight is 624 g/mol. The molecule has 5 rings (SSSR count). The van der Waals surface area contributed by atoms with Crippen LogP contribution in [-0.4, -0.2) is 103 Å². The standard InChI is InChI=1S/C21H25N5O3.2C2HF3O2/c27-18(16-4-3-7-22-14-16)25-11-5-21(6-12-25)20-23-8-13-26(20)15-17(29-21)19(28)24-9-1-2-10-24;2*3-2(4,5)1(6)7/h3-4,7-8,13-14,17H,1-2,5-6,9-12,15H2;2*(H,6,7). The van der Waals surface area contributed by atoms with Crippen molar-refractivity contribution < 1.29 is 60.5 Å². The molecule has 12 nitrogen and oxygen atoms in total. The fourth-order valence-corrected chi connectivity index (χ4v) is 4.75. The van der Waals surface area contributed by atoms with E-state index in [1.165, 1.54) is 0 Å². The number of fused-ring (bicyclic) bond motifs is 2. The molecule has 0 bridgehead atoms. The minimum absolute atomic E-state index is 0.0169. The molecule has 0 saturated carbocycles. The Bertz CT molecular complexity index is 1260. The number of alkyl halides is 6. The van der Waals surface area contributed by atoms with Crippen molar-refractivity contribution in [1.29, 1.82) is 0 Å². The van der Waals surface area contributed by atoms with Crippen LogP contribution in [0.2, 0.25) is 0 Å². The first-order chi connectivity index (χ1) is 20.0. The van der Waals surface area contributed by atoms with Gasteiger partial charge in [0.1, 0.15) is 11.4 Å². The first-order valence-corrected chi connectivity index (χ1v) is 12.8. The maximum Gasteiger partial charge on any atom is 0.490 e. The third kappa shape index (κ3) is 8.42. The van der Waals surface area contributed by atoms with E-state index in [1.54, 1.807) is 30.7 Å². The van der Waals surface area contributed by atoms with Crippen molar-refractivity contribution in [2.75, 3.05) is 26.2 Å². The van der Waals surface area contributed by atoms with Gasteiger partial charge in [-0.15, -0.1) is 0 Å². The van der Waals surface area contributed by atoms with Crippen molar-refractivity contribution in [1.82, 2.24) is 24.3 Å². The number of nitrogens with zero attached hydrogens (tertiary/aromatic N) is 5. The highest BCUT2D eigenvalue weighted by molar-refractivity contribution is 5.94. The maximum atomic E-state index is 13.0. The van der Waals surface area contributed by atoms with Crippen LogP contribution in [0.15, 0.2) is 36.9 Å². The van der Waals surface area contributed by atoms with Crippen LogP contribution in [0, 0.1) is 0 Å². The summed E-state index contributed by atoms with van der Waals surface area (Å²) >= 11 is 0. The van der Waals surface area contributed by atoms with Gasteiger partial charge in [0, 0.05) is 63.8 Å². The molecule has 2 N–H and O–H groups in total. The normalized spacial score (nSPS) is 19.3. The number of carbonyl (C=O) groups excluding carboxylic acids is 2. The highest BCUT2D eigenvalue weighted by Gasteiger charge is 2.48. The lowest BCUT2D eigenvalue weighted by Gasteiger charge is -2.46. The highest BCUT2D eigenvalue weighted by atomic mass is 19.4. The molecule has 2 saturated heterocycles. The van der Waals surface area contributed by atoms with Crippen LogP contribution in [0.5, 0.6) is 0 Å². The monoisotopic (exact) mass is 623 g/mol. The summed E-state index contributed by atoms with van der Waals surface area (Å²) < 4.78 is 72.0. The van der Waals surface area contributed by atoms with Crippen molar-refractivity contribution in [3.63, 3.8) is 0 Å². The van der Waals surface area contributed by atoms with Gasteiger partial charge in [0.15, 0.2) is 6.10 Å². The molecule has 0 aliphatic carbocycles. The molecule has 43 heavy (non-hydrogen) atoms. The molecule has 3 aliphatic heterocycles. The third-order valence-electron chi connectivity index (χ3n) is 6.80. The predicted octanol–water partition coefficient (Wildman–Crippen LogP) is 2.70. The number of likely N-dealkylation sites (tertiary alicyclic amines) is 2. The number of rotatable bonds is 2. The lowest BCUT2D eigenvalue weighted by molar-refractivity contribution is -0.193. The quantitative estimate of drug-likeness (QED) is 0.481. The van der Waals surface area contributed by atoms with E-state index in [0.29, 0.717) is 38.0 Å². The zero-order valence-electron chi connectivity index (χ0n) is 22.3. The number of imidazole rings is 1. The number of halogens is 6. The summed E-state index contributed by atoms with van der Waals surface area (Å²) in [6, 6.07) is 3.56. The van der Waals surface area contributed by atoms with E-state index in [0.717, 1.165) is 31.8 Å². The van der Waals surface area contributed by atoms with Gasteiger partial charge in [0.25, 0.3) is 11.8 Å². The number of ether oxygens (including phenoxy) is 1. The molecule has 5 heterocycles. The number of carbonyl (C=O) groups is 4. The lowest BCUT2D eigenvalue weighted by atomic mass is 9.88. The SMILES string of the molecule is O=C(O)C(F)(F)F.O=C(O)C(F)(F)F.O=C(c1cccnc1)N1CCC2(CC1)OC(C(=O)N1CCCC1)Cn1ccnc12. The largest absolute Gasteiger partial charge is 0.490 e. The molecular formula is C25H27F6N5O7. The molecule has 3 aliphatic rings. The zero-order valence-corrected chi connectivity index (χ0v) is 22.3. The molecule has 0 aromatic carbocycles.